The van der Waals surface area contributed by atoms with Crippen molar-refractivity contribution >= 4 is 28.8 Å². The Balaban J connectivity index is 1.87. The van der Waals surface area contributed by atoms with Crippen LogP contribution in [-0.2, 0) is 9.59 Å². The van der Waals surface area contributed by atoms with Gasteiger partial charge >= 0.3 is 0 Å². The number of benzene rings is 3. The molecule has 174 valence electrons. The van der Waals surface area contributed by atoms with Crippen molar-refractivity contribution in [3.63, 3.8) is 0 Å². The fraction of sp³-hybridized carbons (Fsp3) is 0.154. The maximum absolute atomic E-state index is 13.7. The summed E-state index contributed by atoms with van der Waals surface area (Å²) in [6.45, 7) is 1.90. The van der Waals surface area contributed by atoms with Gasteiger partial charge in [-0.15, -0.1) is 0 Å². The van der Waals surface area contributed by atoms with Crippen LogP contribution in [0.2, 0.25) is 0 Å². The first kappa shape index (κ1) is 22.8. The molecular weight excluding hydrogens is 439 g/mol. The Bertz CT molecular complexity index is 1300. The highest BCUT2D eigenvalue weighted by atomic mass is 19.1. The minimum atomic E-state index is -0.587. The number of nitrogens with one attached hydrogen (secondary N) is 1. The summed E-state index contributed by atoms with van der Waals surface area (Å²) in [5.41, 5.74) is 2.24. The number of nitrogens with zero attached hydrogens (tertiary/aromatic N) is 1. The molecule has 1 aliphatic heterocycles. The fourth-order valence-corrected chi connectivity index (χ4v) is 3.77. The third kappa shape index (κ3) is 4.05. The molecule has 1 aliphatic rings. The molecule has 4 rings (SSSR count). The minimum absolute atomic E-state index is 0.0402. The summed E-state index contributed by atoms with van der Waals surface area (Å²) >= 11 is 0. The number of anilines is 2. The van der Waals surface area contributed by atoms with Crippen LogP contribution in [0.4, 0.5) is 15.8 Å². The molecule has 0 saturated heterocycles. The predicted octanol–water partition coefficient (Wildman–Crippen LogP) is 4.56. The van der Waals surface area contributed by atoms with Crippen LogP contribution in [-0.4, -0.2) is 33.1 Å². The molecule has 0 bridgehead atoms. The molecule has 0 atom stereocenters. The third-order valence-corrected chi connectivity index (χ3v) is 5.46. The Hall–Kier alpha value is -4.33. The van der Waals surface area contributed by atoms with E-state index in [4.69, 9.17) is 14.2 Å². The first-order valence-electron chi connectivity index (χ1n) is 10.4. The summed E-state index contributed by atoms with van der Waals surface area (Å²) < 4.78 is 29.7. The van der Waals surface area contributed by atoms with Gasteiger partial charge in [0.25, 0.3) is 11.8 Å². The van der Waals surface area contributed by atoms with Crippen LogP contribution in [0.25, 0.3) is 5.57 Å². The number of carbonyl (C=O) groups is 2. The molecule has 3 aromatic rings. The summed E-state index contributed by atoms with van der Waals surface area (Å²) in [5, 5.41) is 3.09. The smallest absolute Gasteiger partial charge is 0.282 e. The Kier molecular flexibility index (Phi) is 6.23. The number of rotatable bonds is 7. The highest BCUT2D eigenvalue weighted by Gasteiger charge is 2.41. The number of imide groups is 1. The van der Waals surface area contributed by atoms with Gasteiger partial charge in [-0.25, -0.2) is 9.29 Å². The number of carbonyl (C=O) groups excluding carboxylic acids is 2. The third-order valence-electron chi connectivity index (χ3n) is 5.46. The van der Waals surface area contributed by atoms with Crippen molar-refractivity contribution in [1.29, 1.82) is 0 Å². The quantitative estimate of drug-likeness (QED) is 0.519. The molecule has 0 fully saturated rings. The van der Waals surface area contributed by atoms with Gasteiger partial charge in [-0.2, -0.15) is 0 Å². The average molecular weight is 462 g/mol. The van der Waals surface area contributed by atoms with E-state index < -0.39 is 17.6 Å². The highest BCUT2D eigenvalue weighted by Crippen LogP contribution is 2.40. The molecule has 3 aromatic carbocycles. The van der Waals surface area contributed by atoms with Crippen LogP contribution in [0.15, 0.2) is 66.4 Å². The Morgan fingerprint density at radius 2 is 1.50 bits per heavy atom. The van der Waals surface area contributed by atoms with Crippen LogP contribution < -0.4 is 24.4 Å². The maximum atomic E-state index is 13.7. The standard InChI is InChI=1S/C26H23FN2O5/c1-15-5-12-21(33-3)19(13-15)28-24-23(16-6-8-17(27)9-7-16)25(30)29(26(24)31)20-11-10-18(32-2)14-22(20)34-4/h5-14,28H,1-4H3. The van der Waals surface area contributed by atoms with Gasteiger partial charge in [0.1, 0.15) is 28.8 Å². The molecule has 0 saturated carbocycles. The lowest BCUT2D eigenvalue weighted by molar-refractivity contribution is -0.120. The average Bonchev–Trinajstić information content (AvgIpc) is 3.08. The maximum Gasteiger partial charge on any atom is 0.282 e. The van der Waals surface area contributed by atoms with Crippen molar-refractivity contribution < 1.29 is 28.2 Å². The molecule has 0 radical (unpaired) electrons. The van der Waals surface area contributed by atoms with E-state index in [0.29, 0.717) is 22.7 Å². The second-order valence-electron chi connectivity index (χ2n) is 7.57. The lowest BCUT2D eigenvalue weighted by atomic mass is 10.0. The molecule has 0 unspecified atom stereocenters. The molecule has 0 aliphatic carbocycles. The second kappa shape index (κ2) is 9.27. The monoisotopic (exact) mass is 462 g/mol. The number of aryl methyl sites for hydroxylation is 1. The molecule has 0 spiro atoms. The van der Waals surface area contributed by atoms with Crippen molar-refractivity contribution in [2.45, 2.75) is 6.92 Å². The zero-order valence-corrected chi connectivity index (χ0v) is 19.1. The molecular formula is C26H23FN2O5. The SMILES string of the molecule is COc1ccc(N2C(=O)C(Nc3cc(C)ccc3OC)=C(c3ccc(F)cc3)C2=O)c(OC)c1. The Morgan fingerprint density at radius 1 is 0.794 bits per heavy atom. The molecule has 2 amide bonds. The van der Waals surface area contributed by atoms with Gasteiger partial charge in [-0.05, 0) is 54.4 Å². The van der Waals surface area contributed by atoms with Gasteiger partial charge in [0.2, 0.25) is 0 Å². The van der Waals surface area contributed by atoms with Gasteiger partial charge in [0.15, 0.2) is 0 Å². The van der Waals surface area contributed by atoms with Crippen LogP contribution in [0.5, 0.6) is 17.2 Å². The molecule has 8 heteroatoms. The van der Waals surface area contributed by atoms with Crippen molar-refractivity contribution in [3.05, 3.63) is 83.3 Å². The van der Waals surface area contributed by atoms with E-state index in [-0.39, 0.29) is 22.7 Å². The zero-order chi connectivity index (χ0) is 24.4. The zero-order valence-electron chi connectivity index (χ0n) is 19.1. The first-order valence-corrected chi connectivity index (χ1v) is 10.4. The lowest BCUT2D eigenvalue weighted by Gasteiger charge is -2.19. The normalized spacial score (nSPS) is 13.4. The van der Waals surface area contributed by atoms with Crippen LogP contribution in [0.3, 0.4) is 0 Å². The van der Waals surface area contributed by atoms with E-state index in [1.165, 1.54) is 45.6 Å². The number of hydrogen-bond donors (Lipinski definition) is 1. The second-order valence-corrected chi connectivity index (χ2v) is 7.57. The summed E-state index contributed by atoms with van der Waals surface area (Å²) in [6.07, 6.45) is 0. The Morgan fingerprint density at radius 3 is 2.15 bits per heavy atom. The number of ether oxygens (including phenoxy) is 3. The van der Waals surface area contributed by atoms with E-state index in [1.807, 2.05) is 19.1 Å². The van der Waals surface area contributed by atoms with E-state index in [0.717, 1.165) is 10.5 Å². The summed E-state index contributed by atoms with van der Waals surface area (Å²) in [5.74, 6) is -0.323. The molecule has 7 nitrogen and oxygen atoms in total. The van der Waals surface area contributed by atoms with E-state index in [9.17, 15) is 14.0 Å². The van der Waals surface area contributed by atoms with Gasteiger partial charge in [-0.1, -0.05) is 18.2 Å². The van der Waals surface area contributed by atoms with Gasteiger partial charge in [-0.3, -0.25) is 9.59 Å². The first-order chi connectivity index (χ1) is 16.4. The lowest BCUT2D eigenvalue weighted by Crippen LogP contribution is -2.32. The minimum Gasteiger partial charge on any atom is -0.497 e. The molecule has 34 heavy (non-hydrogen) atoms. The largest absolute Gasteiger partial charge is 0.497 e. The van der Waals surface area contributed by atoms with Gasteiger partial charge < -0.3 is 19.5 Å². The number of halogens is 1. The molecule has 0 aromatic heterocycles. The predicted molar refractivity (Wildman–Crippen MR) is 127 cm³/mol. The van der Waals surface area contributed by atoms with E-state index >= 15 is 0 Å². The molecule has 1 heterocycles. The summed E-state index contributed by atoms with van der Waals surface area (Å²) in [7, 11) is 4.46. The number of amides is 2. The highest BCUT2D eigenvalue weighted by molar-refractivity contribution is 6.46. The fourth-order valence-electron chi connectivity index (χ4n) is 3.77. The van der Waals surface area contributed by atoms with Crippen LogP contribution in [0, 0.1) is 12.7 Å². The summed E-state index contributed by atoms with van der Waals surface area (Å²) in [4.78, 5) is 28.3. The van der Waals surface area contributed by atoms with Crippen LogP contribution >= 0.6 is 0 Å². The number of hydrogen-bond acceptors (Lipinski definition) is 6. The van der Waals surface area contributed by atoms with E-state index in [2.05, 4.69) is 5.32 Å². The Labute approximate surface area is 196 Å². The van der Waals surface area contributed by atoms with Gasteiger partial charge in [0.05, 0.1) is 38.3 Å². The van der Waals surface area contributed by atoms with Gasteiger partial charge in [0, 0.05) is 6.07 Å². The molecule has 1 N–H and O–H groups in total. The van der Waals surface area contributed by atoms with Crippen molar-refractivity contribution in [3.8, 4) is 17.2 Å². The van der Waals surface area contributed by atoms with Crippen LogP contribution in [0.1, 0.15) is 11.1 Å². The topological polar surface area (TPSA) is 77.1 Å². The van der Waals surface area contributed by atoms with E-state index in [1.54, 1.807) is 24.3 Å². The van der Waals surface area contributed by atoms with Crippen molar-refractivity contribution in [2.75, 3.05) is 31.5 Å². The summed E-state index contributed by atoms with van der Waals surface area (Å²) in [6, 6.07) is 15.6. The number of methoxy groups -OCH3 is 3. The van der Waals surface area contributed by atoms with Crippen molar-refractivity contribution in [2.24, 2.45) is 0 Å². The van der Waals surface area contributed by atoms with Crippen molar-refractivity contribution in [1.82, 2.24) is 0 Å².